The lowest BCUT2D eigenvalue weighted by atomic mass is 9.98. The predicted octanol–water partition coefficient (Wildman–Crippen LogP) is -0.0887. The average molecular weight is 228 g/mol. The number of nitrogens with one attached hydrogen (secondary N) is 2. The lowest BCUT2D eigenvalue weighted by Gasteiger charge is -2.22. The van der Waals surface area contributed by atoms with Crippen LogP contribution in [0.3, 0.4) is 0 Å². The third-order valence-electron chi connectivity index (χ3n) is 2.71. The topological polar surface area (TPSA) is 67.4 Å². The molecule has 1 aliphatic heterocycles. The number of carbonyl (C=O) groups excluding carboxylic acids is 2. The van der Waals surface area contributed by atoms with Crippen LogP contribution in [0, 0.1) is 11.8 Å². The second-order valence-electron chi connectivity index (χ2n) is 4.35. The highest BCUT2D eigenvalue weighted by atomic mass is 16.5. The van der Waals surface area contributed by atoms with Crippen LogP contribution in [-0.4, -0.2) is 38.6 Å². The molecule has 2 N–H and O–H groups in total. The van der Waals surface area contributed by atoms with Gasteiger partial charge in [-0.1, -0.05) is 6.92 Å². The maximum Gasteiger partial charge on any atom is 0.224 e. The lowest BCUT2D eigenvalue weighted by Crippen LogP contribution is -2.44. The molecule has 5 nitrogen and oxygen atoms in total. The molecule has 2 amide bonds. The number of hydrogen-bond acceptors (Lipinski definition) is 3. The van der Waals surface area contributed by atoms with Crippen molar-refractivity contribution in [3.05, 3.63) is 0 Å². The minimum absolute atomic E-state index is 0.0305. The molecule has 0 aliphatic carbocycles. The van der Waals surface area contributed by atoms with Crippen molar-refractivity contribution >= 4 is 11.8 Å². The van der Waals surface area contributed by atoms with Gasteiger partial charge >= 0.3 is 0 Å². The number of methoxy groups -OCH3 is 1. The smallest absolute Gasteiger partial charge is 0.224 e. The van der Waals surface area contributed by atoms with Crippen molar-refractivity contribution in [3.8, 4) is 0 Å². The first-order valence-electron chi connectivity index (χ1n) is 5.66. The summed E-state index contributed by atoms with van der Waals surface area (Å²) < 4.78 is 4.99. The van der Waals surface area contributed by atoms with Crippen LogP contribution in [0.5, 0.6) is 0 Å². The highest BCUT2D eigenvalue weighted by molar-refractivity contribution is 5.83. The molecule has 1 heterocycles. The Labute approximate surface area is 95.9 Å². The van der Waals surface area contributed by atoms with Gasteiger partial charge in [-0.2, -0.15) is 0 Å². The molecule has 0 aromatic carbocycles. The number of piperidine rings is 1. The molecule has 5 heteroatoms. The van der Waals surface area contributed by atoms with Crippen molar-refractivity contribution < 1.29 is 14.3 Å². The molecule has 16 heavy (non-hydrogen) atoms. The SMILES string of the molecule is COCC(C)CNC(=O)C1CCC(=O)NC1. The summed E-state index contributed by atoms with van der Waals surface area (Å²) in [6.07, 6.45) is 1.10. The second kappa shape index (κ2) is 6.48. The molecule has 1 rings (SSSR count). The van der Waals surface area contributed by atoms with Crippen molar-refractivity contribution in [2.75, 3.05) is 26.8 Å². The predicted molar refractivity (Wildman–Crippen MR) is 59.8 cm³/mol. The monoisotopic (exact) mass is 228 g/mol. The molecule has 0 aromatic rings. The van der Waals surface area contributed by atoms with Gasteiger partial charge in [-0.25, -0.2) is 0 Å². The van der Waals surface area contributed by atoms with Crippen molar-refractivity contribution in [3.63, 3.8) is 0 Å². The summed E-state index contributed by atoms with van der Waals surface area (Å²) in [6, 6.07) is 0. The summed E-state index contributed by atoms with van der Waals surface area (Å²) >= 11 is 0. The highest BCUT2D eigenvalue weighted by Crippen LogP contribution is 2.10. The van der Waals surface area contributed by atoms with Crippen LogP contribution in [0.1, 0.15) is 19.8 Å². The van der Waals surface area contributed by atoms with Gasteiger partial charge in [0.1, 0.15) is 0 Å². The number of amides is 2. The van der Waals surface area contributed by atoms with Gasteiger partial charge in [-0.05, 0) is 12.3 Å². The summed E-state index contributed by atoms with van der Waals surface area (Å²) in [5, 5.41) is 5.58. The molecule has 2 unspecified atom stereocenters. The van der Waals surface area contributed by atoms with Crippen molar-refractivity contribution in [1.29, 1.82) is 0 Å². The Balaban J connectivity index is 2.22. The molecule has 0 bridgehead atoms. The van der Waals surface area contributed by atoms with E-state index in [2.05, 4.69) is 10.6 Å². The van der Waals surface area contributed by atoms with Gasteiger partial charge in [0.05, 0.1) is 12.5 Å². The number of rotatable bonds is 5. The largest absolute Gasteiger partial charge is 0.384 e. The van der Waals surface area contributed by atoms with Gasteiger partial charge in [0, 0.05) is 26.6 Å². The molecule has 1 saturated heterocycles. The van der Waals surface area contributed by atoms with E-state index in [9.17, 15) is 9.59 Å². The van der Waals surface area contributed by atoms with E-state index in [1.54, 1.807) is 7.11 Å². The normalized spacial score (nSPS) is 22.4. The van der Waals surface area contributed by atoms with Gasteiger partial charge in [-0.15, -0.1) is 0 Å². The Morgan fingerprint density at radius 1 is 1.69 bits per heavy atom. The first kappa shape index (κ1) is 13.0. The van der Waals surface area contributed by atoms with Crippen molar-refractivity contribution in [2.45, 2.75) is 19.8 Å². The Hall–Kier alpha value is -1.10. The molecule has 92 valence electrons. The standard InChI is InChI=1S/C11H20N2O3/c1-8(7-16-2)5-13-11(15)9-3-4-10(14)12-6-9/h8-9H,3-7H2,1-2H3,(H,12,14)(H,13,15). The molecule has 1 aliphatic rings. The van der Waals surface area contributed by atoms with Crippen LogP contribution < -0.4 is 10.6 Å². The maximum absolute atomic E-state index is 11.7. The average Bonchev–Trinajstić information content (AvgIpc) is 2.27. The molecule has 0 radical (unpaired) electrons. The molecular formula is C11H20N2O3. The van der Waals surface area contributed by atoms with Gasteiger partial charge in [0.25, 0.3) is 0 Å². The van der Waals surface area contributed by atoms with E-state index >= 15 is 0 Å². The van der Waals surface area contributed by atoms with Crippen molar-refractivity contribution in [2.24, 2.45) is 11.8 Å². The fraction of sp³-hybridized carbons (Fsp3) is 0.818. The first-order chi connectivity index (χ1) is 7.63. The molecule has 0 aromatic heterocycles. The summed E-state index contributed by atoms with van der Waals surface area (Å²) in [6.45, 7) is 3.74. The van der Waals surface area contributed by atoms with E-state index in [0.717, 1.165) is 0 Å². The zero-order chi connectivity index (χ0) is 12.0. The van der Waals surface area contributed by atoms with E-state index in [0.29, 0.717) is 38.5 Å². The van der Waals surface area contributed by atoms with Gasteiger partial charge in [-0.3, -0.25) is 9.59 Å². The van der Waals surface area contributed by atoms with Gasteiger partial charge in [0.15, 0.2) is 0 Å². The minimum atomic E-state index is -0.0764. The van der Waals surface area contributed by atoms with E-state index < -0.39 is 0 Å². The zero-order valence-electron chi connectivity index (χ0n) is 9.91. The summed E-state index contributed by atoms with van der Waals surface area (Å²) in [5.74, 6) is 0.305. The Morgan fingerprint density at radius 2 is 2.44 bits per heavy atom. The summed E-state index contributed by atoms with van der Waals surface area (Å²) in [7, 11) is 1.65. The minimum Gasteiger partial charge on any atom is -0.384 e. The summed E-state index contributed by atoms with van der Waals surface area (Å²) in [4.78, 5) is 22.6. The van der Waals surface area contributed by atoms with Crippen LogP contribution in [0.15, 0.2) is 0 Å². The fourth-order valence-corrected chi connectivity index (χ4v) is 1.72. The third-order valence-corrected chi connectivity index (χ3v) is 2.71. The lowest BCUT2D eigenvalue weighted by molar-refractivity contribution is -0.129. The Morgan fingerprint density at radius 3 is 3.00 bits per heavy atom. The van der Waals surface area contributed by atoms with E-state index in [1.807, 2.05) is 6.92 Å². The maximum atomic E-state index is 11.7. The quantitative estimate of drug-likeness (QED) is 0.691. The Bertz CT molecular complexity index is 246. The highest BCUT2D eigenvalue weighted by Gasteiger charge is 2.24. The number of carbonyl (C=O) groups is 2. The van der Waals surface area contributed by atoms with Crippen LogP contribution in [0.4, 0.5) is 0 Å². The van der Waals surface area contributed by atoms with Crippen LogP contribution >= 0.6 is 0 Å². The van der Waals surface area contributed by atoms with E-state index in [1.165, 1.54) is 0 Å². The molecule has 2 atom stereocenters. The molecular weight excluding hydrogens is 208 g/mol. The first-order valence-corrected chi connectivity index (χ1v) is 5.66. The van der Waals surface area contributed by atoms with Crippen LogP contribution in [-0.2, 0) is 14.3 Å². The van der Waals surface area contributed by atoms with Gasteiger partial charge in [0.2, 0.25) is 11.8 Å². The summed E-state index contributed by atoms with van der Waals surface area (Å²) in [5.41, 5.74) is 0. The van der Waals surface area contributed by atoms with Crippen LogP contribution in [0.25, 0.3) is 0 Å². The van der Waals surface area contributed by atoms with Crippen LogP contribution in [0.2, 0.25) is 0 Å². The fourth-order valence-electron chi connectivity index (χ4n) is 1.72. The molecule has 0 spiro atoms. The van der Waals surface area contributed by atoms with Gasteiger partial charge < -0.3 is 15.4 Å². The third kappa shape index (κ3) is 4.18. The molecule has 1 fully saturated rings. The zero-order valence-corrected chi connectivity index (χ0v) is 9.91. The van der Waals surface area contributed by atoms with E-state index in [4.69, 9.17) is 4.74 Å². The number of ether oxygens (including phenoxy) is 1. The number of hydrogen-bond donors (Lipinski definition) is 2. The second-order valence-corrected chi connectivity index (χ2v) is 4.35. The van der Waals surface area contributed by atoms with Crippen molar-refractivity contribution in [1.82, 2.24) is 10.6 Å². The molecule has 0 saturated carbocycles. The van der Waals surface area contributed by atoms with E-state index in [-0.39, 0.29) is 17.7 Å². The Kier molecular flexibility index (Phi) is 5.25.